The van der Waals surface area contributed by atoms with Crippen molar-refractivity contribution in [3.05, 3.63) is 58.5 Å². The van der Waals surface area contributed by atoms with Crippen LogP contribution in [-0.4, -0.2) is 33.4 Å². The van der Waals surface area contributed by atoms with Crippen LogP contribution in [0.4, 0.5) is 0 Å². The molecule has 3 heterocycles. The summed E-state index contributed by atoms with van der Waals surface area (Å²) < 4.78 is 0. The van der Waals surface area contributed by atoms with Crippen molar-refractivity contribution in [2.45, 2.75) is 37.3 Å². The molecule has 0 saturated heterocycles. The zero-order chi connectivity index (χ0) is 17.5. The number of nitrogens with one attached hydrogen (secondary N) is 2. The van der Waals surface area contributed by atoms with Gasteiger partial charge in [-0.3, -0.25) is 9.79 Å². The van der Waals surface area contributed by atoms with Gasteiger partial charge in [0.25, 0.3) is 0 Å². The molecule has 6 nitrogen and oxygen atoms in total. The molecule has 2 aromatic heterocycles. The smallest absolute Gasteiger partial charge is 0.209 e. The van der Waals surface area contributed by atoms with Crippen LogP contribution in [0, 0.1) is 0 Å². The SMILES string of the molecule is O=c1cc[nH]c2nc(-c3ccccc3)c(C3CCC4NC=NC4C3)nc12. The summed E-state index contributed by atoms with van der Waals surface area (Å²) in [4.78, 5) is 29.5. The van der Waals surface area contributed by atoms with Gasteiger partial charge in [-0.05, 0) is 19.3 Å². The van der Waals surface area contributed by atoms with Gasteiger partial charge >= 0.3 is 0 Å². The predicted octanol–water partition coefficient (Wildman–Crippen LogP) is 2.62. The molecule has 130 valence electrons. The van der Waals surface area contributed by atoms with Gasteiger partial charge in [-0.1, -0.05) is 30.3 Å². The van der Waals surface area contributed by atoms with Crippen molar-refractivity contribution in [2.24, 2.45) is 4.99 Å². The van der Waals surface area contributed by atoms with Gasteiger partial charge in [-0.2, -0.15) is 0 Å². The molecular weight excluding hydrogens is 326 g/mol. The van der Waals surface area contributed by atoms with Crippen molar-refractivity contribution in [1.29, 1.82) is 0 Å². The molecule has 1 fully saturated rings. The molecule has 0 amide bonds. The molecule has 2 aliphatic rings. The normalized spacial score (nSPS) is 24.4. The van der Waals surface area contributed by atoms with Crippen molar-refractivity contribution in [3.8, 4) is 11.3 Å². The Morgan fingerprint density at radius 1 is 1.04 bits per heavy atom. The van der Waals surface area contributed by atoms with E-state index in [-0.39, 0.29) is 17.4 Å². The maximum Gasteiger partial charge on any atom is 0.209 e. The first-order chi connectivity index (χ1) is 12.8. The average molecular weight is 345 g/mol. The fourth-order valence-electron chi connectivity index (χ4n) is 4.08. The number of rotatable bonds is 2. The second kappa shape index (κ2) is 6.05. The maximum atomic E-state index is 12.3. The number of hydrogen-bond donors (Lipinski definition) is 2. The van der Waals surface area contributed by atoms with Crippen LogP contribution in [0.25, 0.3) is 22.4 Å². The van der Waals surface area contributed by atoms with Crippen LogP contribution < -0.4 is 10.7 Å². The lowest BCUT2D eigenvalue weighted by Gasteiger charge is -2.30. The van der Waals surface area contributed by atoms with Crippen LogP contribution in [0.1, 0.15) is 30.9 Å². The first kappa shape index (κ1) is 15.3. The summed E-state index contributed by atoms with van der Waals surface area (Å²) in [5.74, 6) is 0.250. The van der Waals surface area contributed by atoms with E-state index in [4.69, 9.17) is 9.97 Å². The number of aliphatic imine (C=N–C) groups is 1. The molecule has 0 spiro atoms. The van der Waals surface area contributed by atoms with Crippen molar-refractivity contribution in [1.82, 2.24) is 20.3 Å². The predicted molar refractivity (Wildman–Crippen MR) is 101 cm³/mol. The Labute approximate surface area is 150 Å². The summed E-state index contributed by atoms with van der Waals surface area (Å²) >= 11 is 0. The van der Waals surface area contributed by atoms with Crippen molar-refractivity contribution in [2.75, 3.05) is 0 Å². The van der Waals surface area contributed by atoms with Crippen LogP contribution in [0.15, 0.2) is 52.4 Å². The molecule has 1 aromatic carbocycles. The van der Waals surface area contributed by atoms with Crippen LogP contribution in [0.3, 0.4) is 0 Å². The van der Waals surface area contributed by atoms with E-state index in [1.165, 1.54) is 6.07 Å². The average Bonchev–Trinajstić information content (AvgIpc) is 3.16. The van der Waals surface area contributed by atoms with E-state index in [1.54, 1.807) is 6.20 Å². The monoisotopic (exact) mass is 345 g/mol. The zero-order valence-corrected chi connectivity index (χ0v) is 14.2. The summed E-state index contributed by atoms with van der Waals surface area (Å²) in [6.45, 7) is 0. The highest BCUT2D eigenvalue weighted by atomic mass is 16.1. The zero-order valence-electron chi connectivity index (χ0n) is 14.2. The lowest BCUT2D eigenvalue weighted by molar-refractivity contribution is 0.344. The van der Waals surface area contributed by atoms with Crippen molar-refractivity contribution >= 4 is 17.5 Å². The van der Waals surface area contributed by atoms with E-state index in [1.807, 2.05) is 36.7 Å². The van der Waals surface area contributed by atoms with Gasteiger partial charge in [0.1, 0.15) is 0 Å². The molecule has 1 saturated carbocycles. The molecule has 6 heteroatoms. The number of nitrogens with zero attached hydrogens (tertiary/aromatic N) is 3. The maximum absolute atomic E-state index is 12.3. The van der Waals surface area contributed by atoms with Gasteiger partial charge in [0.05, 0.1) is 23.8 Å². The molecule has 2 N–H and O–H groups in total. The molecule has 0 bridgehead atoms. The summed E-state index contributed by atoms with van der Waals surface area (Å²) in [7, 11) is 0. The third-order valence-electron chi connectivity index (χ3n) is 5.42. The van der Waals surface area contributed by atoms with Gasteiger partial charge < -0.3 is 10.3 Å². The van der Waals surface area contributed by atoms with Crippen molar-refractivity contribution in [3.63, 3.8) is 0 Å². The minimum atomic E-state index is -0.0960. The summed E-state index contributed by atoms with van der Waals surface area (Å²) in [5, 5.41) is 3.33. The largest absolute Gasteiger partial charge is 0.372 e. The number of aromatic amines is 1. The highest BCUT2D eigenvalue weighted by molar-refractivity contribution is 5.75. The quantitative estimate of drug-likeness (QED) is 0.748. The Hall–Kier alpha value is -3.02. The molecule has 5 rings (SSSR count). The lowest BCUT2D eigenvalue weighted by atomic mass is 9.80. The first-order valence-electron chi connectivity index (χ1n) is 9.02. The van der Waals surface area contributed by atoms with E-state index < -0.39 is 0 Å². The summed E-state index contributed by atoms with van der Waals surface area (Å²) in [6, 6.07) is 12.3. The van der Waals surface area contributed by atoms with E-state index in [2.05, 4.69) is 15.3 Å². The standard InChI is InChI=1S/C20H19N5O/c26-16-8-9-21-20-19(16)24-18(17(25-20)12-4-2-1-3-5-12)13-6-7-14-15(10-13)23-11-22-14/h1-5,8-9,11,13-15H,6-7,10H2,(H,22,23)(H,21,25,26). The number of benzene rings is 1. The van der Waals surface area contributed by atoms with Crippen LogP contribution in [0.5, 0.6) is 0 Å². The number of fused-ring (bicyclic) bond motifs is 2. The summed E-state index contributed by atoms with van der Waals surface area (Å²) in [6.07, 6.45) is 6.44. The highest BCUT2D eigenvalue weighted by Gasteiger charge is 2.35. The fourth-order valence-corrected chi connectivity index (χ4v) is 4.08. The second-order valence-electron chi connectivity index (χ2n) is 6.99. The molecule has 3 unspecified atom stereocenters. The highest BCUT2D eigenvalue weighted by Crippen LogP contribution is 2.38. The van der Waals surface area contributed by atoms with Gasteiger partial charge in [-0.15, -0.1) is 0 Å². The van der Waals surface area contributed by atoms with Crippen molar-refractivity contribution < 1.29 is 0 Å². The van der Waals surface area contributed by atoms with Crippen LogP contribution in [0.2, 0.25) is 0 Å². The Morgan fingerprint density at radius 2 is 1.92 bits per heavy atom. The van der Waals surface area contributed by atoms with Crippen LogP contribution >= 0.6 is 0 Å². The molecule has 1 aliphatic heterocycles. The molecular formula is C20H19N5O. The number of hydrogen-bond acceptors (Lipinski definition) is 5. The number of aromatic nitrogens is 3. The third-order valence-corrected chi connectivity index (χ3v) is 5.42. The summed E-state index contributed by atoms with van der Waals surface area (Å²) in [5.41, 5.74) is 3.66. The van der Waals surface area contributed by atoms with Gasteiger partial charge in [0.2, 0.25) is 5.43 Å². The van der Waals surface area contributed by atoms with Gasteiger partial charge in [0, 0.05) is 29.8 Å². The first-order valence-corrected chi connectivity index (χ1v) is 9.02. The molecule has 3 aromatic rings. The lowest BCUT2D eigenvalue weighted by Crippen LogP contribution is -2.37. The van der Waals surface area contributed by atoms with E-state index in [0.717, 1.165) is 36.2 Å². The second-order valence-corrected chi connectivity index (χ2v) is 6.99. The molecule has 1 aliphatic carbocycles. The number of H-pyrrole nitrogens is 1. The Balaban J connectivity index is 1.68. The number of pyridine rings is 1. The Morgan fingerprint density at radius 3 is 2.81 bits per heavy atom. The Bertz CT molecular complexity index is 1040. The molecule has 26 heavy (non-hydrogen) atoms. The Kier molecular flexibility index (Phi) is 3.55. The van der Waals surface area contributed by atoms with Crippen LogP contribution in [-0.2, 0) is 0 Å². The minimum absolute atomic E-state index is 0.0960. The van der Waals surface area contributed by atoms with Gasteiger partial charge in [0.15, 0.2) is 11.2 Å². The minimum Gasteiger partial charge on any atom is -0.372 e. The van der Waals surface area contributed by atoms with E-state index in [9.17, 15) is 4.79 Å². The fraction of sp³-hybridized carbons (Fsp3) is 0.300. The van der Waals surface area contributed by atoms with E-state index in [0.29, 0.717) is 17.2 Å². The third kappa shape index (κ3) is 2.49. The van der Waals surface area contributed by atoms with E-state index >= 15 is 0 Å². The topological polar surface area (TPSA) is 83.0 Å². The van der Waals surface area contributed by atoms with Gasteiger partial charge in [-0.25, -0.2) is 9.97 Å². The molecule has 3 atom stereocenters. The molecule has 0 radical (unpaired) electrons.